The summed E-state index contributed by atoms with van der Waals surface area (Å²) in [5.41, 5.74) is 0.596. The summed E-state index contributed by atoms with van der Waals surface area (Å²) in [6.07, 6.45) is 1.36. The van der Waals surface area contributed by atoms with Crippen LogP contribution in [0.2, 0.25) is 0 Å². The first-order valence-electron chi connectivity index (χ1n) is 9.15. The number of ether oxygens (including phenoxy) is 4. The molecule has 0 bridgehead atoms. The van der Waals surface area contributed by atoms with Gasteiger partial charge in [0.05, 0.1) is 19.8 Å². The van der Waals surface area contributed by atoms with Gasteiger partial charge in [0, 0.05) is 29.8 Å². The van der Waals surface area contributed by atoms with Crippen molar-refractivity contribution in [3.63, 3.8) is 0 Å². The second kappa shape index (κ2) is 8.39. The highest BCUT2D eigenvalue weighted by atomic mass is 32.1. The van der Waals surface area contributed by atoms with Crippen molar-refractivity contribution in [1.82, 2.24) is 5.32 Å². The molecule has 3 heterocycles. The van der Waals surface area contributed by atoms with Crippen LogP contribution in [0.25, 0.3) is 0 Å². The van der Waals surface area contributed by atoms with Crippen molar-refractivity contribution in [1.29, 1.82) is 0 Å². The molecule has 1 aromatic heterocycles. The van der Waals surface area contributed by atoms with Crippen molar-refractivity contribution in [3.8, 4) is 5.75 Å². The Hall–Kier alpha value is -1.93. The van der Waals surface area contributed by atoms with Gasteiger partial charge in [-0.1, -0.05) is 6.07 Å². The van der Waals surface area contributed by atoms with Gasteiger partial charge in [-0.15, -0.1) is 11.3 Å². The van der Waals surface area contributed by atoms with Crippen LogP contribution < -0.4 is 10.1 Å². The molecule has 7 heteroatoms. The van der Waals surface area contributed by atoms with E-state index in [9.17, 15) is 4.79 Å². The van der Waals surface area contributed by atoms with Crippen molar-refractivity contribution in [2.24, 2.45) is 0 Å². The molecule has 6 nitrogen and oxygen atoms in total. The maximum atomic E-state index is 12.4. The number of benzene rings is 1. The summed E-state index contributed by atoms with van der Waals surface area (Å²) in [7, 11) is 0. The van der Waals surface area contributed by atoms with Crippen LogP contribution in [0, 0.1) is 0 Å². The Morgan fingerprint density at radius 3 is 2.78 bits per heavy atom. The minimum Gasteiger partial charge on any atom is -0.488 e. The van der Waals surface area contributed by atoms with Crippen molar-refractivity contribution >= 4 is 17.2 Å². The number of hydrogen-bond donors (Lipinski definition) is 1. The smallest absolute Gasteiger partial charge is 0.251 e. The van der Waals surface area contributed by atoms with Gasteiger partial charge < -0.3 is 24.3 Å². The predicted molar refractivity (Wildman–Crippen MR) is 101 cm³/mol. The number of rotatable bonds is 6. The Bertz CT molecular complexity index is 740. The monoisotopic (exact) mass is 389 g/mol. The zero-order valence-electron chi connectivity index (χ0n) is 15.0. The maximum absolute atomic E-state index is 12.4. The molecule has 1 spiro atoms. The first-order chi connectivity index (χ1) is 13.2. The van der Waals surface area contributed by atoms with Gasteiger partial charge in [-0.2, -0.15) is 0 Å². The third-order valence-electron chi connectivity index (χ3n) is 4.74. The van der Waals surface area contributed by atoms with E-state index in [2.05, 4.69) is 5.32 Å². The standard InChI is InChI=1S/C20H23NO5S/c22-19(21-12-17-13-25-20(26-17)7-9-23-10-8-20)15-3-5-16(6-4-15)24-14-18-2-1-11-27-18/h1-6,11,17H,7-10,12-14H2,(H,21,22). The van der Waals surface area contributed by atoms with Crippen LogP contribution in [-0.2, 0) is 20.8 Å². The van der Waals surface area contributed by atoms with Crippen LogP contribution in [-0.4, -0.2) is 44.2 Å². The minimum atomic E-state index is -0.519. The molecule has 2 aliphatic heterocycles. The molecule has 2 fully saturated rings. The molecular formula is C20H23NO5S. The largest absolute Gasteiger partial charge is 0.488 e. The van der Waals surface area contributed by atoms with Crippen LogP contribution in [0.4, 0.5) is 0 Å². The number of carbonyl (C=O) groups excluding carboxylic acids is 1. The van der Waals surface area contributed by atoms with Crippen LogP contribution >= 0.6 is 11.3 Å². The van der Waals surface area contributed by atoms with E-state index in [1.807, 2.05) is 29.6 Å². The van der Waals surface area contributed by atoms with Gasteiger partial charge in [0.25, 0.3) is 5.91 Å². The Labute approximate surface area is 162 Å². The lowest BCUT2D eigenvalue weighted by molar-refractivity contribution is -0.210. The molecule has 144 valence electrons. The van der Waals surface area contributed by atoms with Crippen LogP contribution in [0.1, 0.15) is 28.1 Å². The third-order valence-corrected chi connectivity index (χ3v) is 5.59. The second-order valence-corrected chi connectivity index (χ2v) is 7.71. The van der Waals surface area contributed by atoms with Crippen LogP contribution in [0.3, 0.4) is 0 Å². The van der Waals surface area contributed by atoms with E-state index in [-0.39, 0.29) is 12.0 Å². The highest BCUT2D eigenvalue weighted by molar-refractivity contribution is 7.09. The van der Waals surface area contributed by atoms with E-state index in [0.29, 0.717) is 38.5 Å². The molecule has 27 heavy (non-hydrogen) atoms. The molecule has 2 aliphatic rings. The molecule has 1 amide bonds. The average Bonchev–Trinajstić information content (AvgIpc) is 3.36. The molecule has 4 rings (SSSR count). The second-order valence-electron chi connectivity index (χ2n) is 6.68. The summed E-state index contributed by atoms with van der Waals surface area (Å²) >= 11 is 1.66. The molecule has 1 atom stereocenters. The molecule has 0 saturated carbocycles. The van der Waals surface area contributed by atoms with E-state index in [4.69, 9.17) is 18.9 Å². The van der Waals surface area contributed by atoms with Crippen molar-refractivity contribution in [2.45, 2.75) is 31.3 Å². The summed E-state index contributed by atoms with van der Waals surface area (Å²) in [6, 6.07) is 11.2. The van der Waals surface area contributed by atoms with E-state index < -0.39 is 5.79 Å². The van der Waals surface area contributed by atoms with Crippen LogP contribution in [0.5, 0.6) is 5.75 Å². The van der Waals surface area contributed by atoms with Gasteiger partial charge in [0.1, 0.15) is 18.5 Å². The molecule has 1 N–H and O–H groups in total. The Morgan fingerprint density at radius 2 is 2.04 bits per heavy atom. The summed E-state index contributed by atoms with van der Waals surface area (Å²) in [5.74, 6) is 0.0973. The Kier molecular flexibility index (Phi) is 5.73. The van der Waals surface area contributed by atoms with Crippen molar-refractivity contribution < 1.29 is 23.7 Å². The first kappa shape index (κ1) is 18.4. The molecule has 1 aromatic carbocycles. The molecule has 2 saturated heterocycles. The lowest BCUT2D eigenvalue weighted by Gasteiger charge is -2.31. The van der Waals surface area contributed by atoms with Gasteiger partial charge in [0.2, 0.25) is 0 Å². The third kappa shape index (κ3) is 4.68. The zero-order chi connectivity index (χ0) is 18.5. The number of thiophene rings is 1. The van der Waals surface area contributed by atoms with Gasteiger partial charge in [-0.25, -0.2) is 0 Å². The van der Waals surface area contributed by atoms with Gasteiger partial charge in [-0.3, -0.25) is 4.79 Å². The van der Waals surface area contributed by atoms with Crippen LogP contribution in [0.15, 0.2) is 41.8 Å². The van der Waals surface area contributed by atoms with E-state index in [0.717, 1.165) is 23.5 Å². The Balaban J connectivity index is 1.23. The molecule has 2 aromatic rings. The lowest BCUT2D eigenvalue weighted by Crippen LogP contribution is -2.39. The van der Waals surface area contributed by atoms with E-state index >= 15 is 0 Å². The number of amides is 1. The minimum absolute atomic E-state index is 0.125. The van der Waals surface area contributed by atoms with Crippen molar-refractivity contribution in [2.75, 3.05) is 26.4 Å². The zero-order valence-corrected chi connectivity index (χ0v) is 15.8. The SMILES string of the molecule is O=C(NCC1COC2(CCOCC2)O1)c1ccc(OCc2cccs2)cc1. The van der Waals surface area contributed by atoms with Gasteiger partial charge in [-0.05, 0) is 35.7 Å². The summed E-state index contributed by atoms with van der Waals surface area (Å²) in [6.45, 7) is 2.77. The summed E-state index contributed by atoms with van der Waals surface area (Å²) in [4.78, 5) is 13.5. The van der Waals surface area contributed by atoms with E-state index in [1.54, 1.807) is 23.5 Å². The predicted octanol–water partition coefficient (Wildman–Crippen LogP) is 2.98. The number of nitrogens with one attached hydrogen (secondary N) is 1. The quantitative estimate of drug-likeness (QED) is 0.823. The fourth-order valence-electron chi connectivity index (χ4n) is 3.22. The van der Waals surface area contributed by atoms with E-state index in [1.165, 1.54) is 0 Å². The summed E-state index contributed by atoms with van der Waals surface area (Å²) < 4.78 is 22.9. The number of hydrogen-bond acceptors (Lipinski definition) is 6. The fourth-order valence-corrected chi connectivity index (χ4v) is 3.84. The highest BCUT2D eigenvalue weighted by Crippen LogP contribution is 2.33. The normalized spacial score (nSPS) is 21.3. The fraction of sp³-hybridized carbons (Fsp3) is 0.450. The molecule has 0 radical (unpaired) electrons. The maximum Gasteiger partial charge on any atom is 0.251 e. The topological polar surface area (TPSA) is 66.0 Å². The number of carbonyl (C=O) groups is 1. The first-order valence-corrected chi connectivity index (χ1v) is 10.0. The summed E-state index contributed by atoms with van der Waals surface area (Å²) in [5, 5.41) is 4.95. The highest BCUT2D eigenvalue weighted by Gasteiger charge is 2.42. The van der Waals surface area contributed by atoms with Gasteiger partial charge >= 0.3 is 0 Å². The van der Waals surface area contributed by atoms with Gasteiger partial charge in [0.15, 0.2) is 5.79 Å². The molecule has 1 unspecified atom stereocenters. The Morgan fingerprint density at radius 1 is 1.22 bits per heavy atom. The average molecular weight is 389 g/mol. The lowest BCUT2D eigenvalue weighted by atomic mass is 10.1. The molecule has 0 aliphatic carbocycles. The van der Waals surface area contributed by atoms with Crippen molar-refractivity contribution in [3.05, 3.63) is 52.2 Å². The molecular weight excluding hydrogens is 366 g/mol.